The lowest BCUT2D eigenvalue weighted by atomic mass is 9.93. The summed E-state index contributed by atoms with van der Waals surface area (Å²) in [4.78, 5) is 24.2. The van der Waals surface area contributed by atoms with Crippen LogP contribution in [0.15, 0.2) is 24.3 Å². The van der Waals surface area contributed by atoms with Gasteiger partial charge in [0.25, 0.3) is 0 Å². The Balaban J connectivity index is 1.39. The number of carbonyl (C=O) groups excluding carboxylic acids is 1. The summed E-state index contributed by atoms with van der Waals surface area (Å²) in [5, 5.41) is 5.90. The van der Waals surface area contributed by atoms with Crippen LogP contribution in [0, 0.1) is 0 Å². The van der Waals surface area contributed by atoms with Crippen molar-refractivity contribution >= 4 is 17.5 Å². The monoisotopic (exact) mass is 423 g/mol. The maximum atomic E-state index is 12.1. The van der Waals surface area contributed by atoms with Gasteiger partial charge < -0.3 is 25.0 Å². The molecule has 8 heteroatoms. The van der Waals surface area contributed by atoms with Crippen molar-refractivity contribution in [2.24, 2.45) is 0 Å². The number of anilines is 2. The smallest absolute Gasteiger partial charge is 0.319 e. The molecule has 1 aliphatic carbocycles. The van der Waals surface area contributed by atoms with E-state index in [1.807, 2.05) is 24.3 Å². The Morgan fingerprint density at radius 2 is 1.97 bits per heavy atom. The fourth-order valence-corrected chi connectivity index (χ4v) is 4.23. The van der Waals surface area contributed by atoms with Crippen LogP contribution in [0.5, 0.6) is 0 Å². The van der Waals surface area contributed by atoms with Crippen LogP contribution in [-0.2, 0) is 22.5 Å². The average Bonchev–Trinajstić information content (AvgIpc) is 2.76. The molecule has 2 N–H and O–H groups in total. The van der Waals surface area contributed by atoms with E-state index in [0.717, 1.165) is 54.1 Å². The van der Waals surface area contributed by atoms with E-state index in [0.29, 0.717) is 38.3 Å². The first-order valence-corrected chi connectivity index (χ1v) is 11.2. The minimum atomic E-state index is -0.147. The number of benzene rings is 1. The van der Waals surface area contributed by atoms with Crippen molar-refractivity contribution in [2.45, 2.75) is 51.3 Å². The molecule has 5 rings (SSSR count). The summed E-state index contributed by atoms with van der Waals surface area (Å²) in [6.07, 6.45) is 4.11. The summed E-state index contributed by atoms with van der Waals surface area (Å²) in [6.45, 7) is 5.59. The van der Waals surface area contributed by atoms with E-state index >= 15 is 0 Å². The van der Waals surface area contributed by atoms with Gasteiger partial charge in [-0.1, -0.05) is 0 Å². The molecule has 2 fully saturated rings. The molecule has 0 radical (unpaired) electrons. The number of fused-ring (bicyclic) bond motifs is 1. The van der Waals surface area contributed by atoms with Crippen molar-refractivity contribution in [3.8, 4) is 11.4 Å². The Labute approximate surface area is 182 Å². The predicted octanol–water partition coefficient (Wildman–Crippen LogP) is 3.12. The Morgan fingerprint density at radius 3 is 2.71 bits per heavy atom. The molecule has 2 aromatic rings. The van der Waals surface area contributed by atoms with Crippen LogP contribution in [0.1, 0.15) is 37.4 Å². The molecule has 2 amide bonds. The van der Waals surface area contributed by atoms with Crippen LogP contribution in [0.25, 0.3) is 11.4 Å². The second-order valence-electron chi connectivity index (χ2n) is 8.52. The van der Waals surface area contributed by atoms with E-state index in [9.17, 15) is 4.79 Å². The van der Waals surface area contributed by atoms with E-state index < -0.39 is 0 Å². The normalized spacial score (nSPS) is 21.2. The highest BCUT2D eigenvalue weighted by Gasteiger charge is 2.27. The standard InChI is InChI=1S/C23H29N5O3/c1-15-13-31-12-10-28(15)22-19-14-30-11-9-20(19)26-21(27-22)16-5-7-18(8-6-16)25-23(29)24-17-3-2-4-17/h5-8,15,17H,2-4,9-14H2,1H3,(H2,24,25,29)/t15-/m0/s1. The Kier molecular flexibility index (Phi) is 5.74. The first-order valence-electron chi connectivity index (χ1n) is 11.2. The second-order valence-corrected chi connectivity index (χ2v) is 8.52. The molecule has 8 nitrogen and oxygen atoms in total. The van der Waals surface area contributed by atoms with Crippen LogP contribution in [-0.4, -0.2) is 54.4 Å². The number of hydrogen-bond donors (Lipinski definition) is 2. The lowest BCUT2D eigenvalue weighted by Gasteiger charge is -2.36. The van der Waals surface area contributed by atoms with Gasteiger partial charge in [0.2, 0.25) is 0 Å². The minimum absolute atomic E-state index is 0.147. The molecule has 2 aliphatic heterocycles. The highest BCUT2D eigenvalue weighted by Crippen LogP contribution is 2.31. The van der Waals surface area contributed by atoms with Gasteiger partial charge in [-0.25, -0.2) is 14.8 Å². The van der Waals surface area contributed by atoms with Crippen LogP contribution in [0.4, 0.5) is 16.3 Å². The van der Waals surface area contributed by atoms with E-state index in [1.54, 1.807) is 0 Å². The number of rotatable bonds is 4. The number of nitrogens with zero attached hydrogens (tertiary/aromatic N) is 3. The molecular formula is C23H29N5O3. The van der Waals surface area contributed by atoms with Gasteiger partial charge in [-0.05, 0) is 50.5 Å². The van der Waals surface area contributed by atoms with E-state index in [4.69, 9.17) is 19.4 Å². The summed E-state index contributed by atoms with van der Waals surface area (Å²) in [6, 6.07) is 8.15. The van der Waals surface area contributed by atoms with Crippen LogP contribution in [0.3, 0.4) is 0 Å². The van der Waals surface area contributed by atoms with Gasteiger partial charge in [0.05, 0.1) is 38.2 Å². The quantitative estimate of drug-likeness (QED) is 0.786. The molecule has 1 atom stereocenters. The van der Waals surface area contributed by atoms with Gasteiger partial charge in [0, 0.05) is 35.8 Å². The lowest BCUT2D eigenvalue weighted by Crippen LogP contribution is -2.45. The maximum absolute atomic E-state index is 12.1. The summed E-state index contributed by atoms with van der Waals surface area (Å²) < 4.78 is 11.3. The van der Waals surface area contributed by atoms with Crippen molar-refractivity contribution in [1.82, 2.24) is 15.3 Å². The molecule has 3 heterocycles. The first kappa shape index (κ1) is 20.2. The number of carbonyl (C=O) groups is 1. The van der Waals surface area contributed by atoms with E-state index in [-0.39, 0.29) is 12.1 Å². The van der Waals surface area contributed by atoms with Crippen molar-refractivity contribution in [3.63, 3.8) is 0 Å². The van der Waals surface area contributed by atoms with E-state index in [1.165, 1.54) is 6.42 Å². The molecule has 1 aromatic carbocycles. The summed E-state index contributed by atoms with van der Waals surface area (Å²) >= 11 is 0. The zero-order valence-electron chi connectivity index (χ0n) is 17.9. The van der Waals surface area contributed by atoms with Gasteiger partial charge in [-0.15, -0.1) is 0 Å². The van der Waals surface area contributed by atoms with Gasteiger partial charge in [-0.2, -0.15) is 0 Å². The third-order valence-electron chi connectivity index (χ3n) is 6.28. The average molecular weight is 424 g/mol. The third kappa shape index (κ3) is 4.36. The number of urea groups is 1. The zero-order chi connectivity index (χ0) is 21.2. The summed E-state index contributed by atoms with van der Waals surface area (Å²) in [5.41, 5.74) is 3.84. The Hall–Kier alpha value is -2.71. The van der Waals surface area contributed by atoms with Crippen molar-refractivity contribution in [2.75, 3.05) is 36.6 Å². The van der Waals surface area contributed by atoms with E-state index in [2.05, 4.69) is 22.5 Å². The van der Waals surface area contributed by atoms with Crippen LogP contribution < -0.4 is 15.5 Å². The highest BCUT2D eigenvalue weighted by molar-refractivity contribution is 5.89. The molecule has 164 valence electrons. The Bertz CT molecular complexity index is 945. The van der Waals surface area contributed by atoms with Crippen LogP contribution in [0.2, 0.25) is 0 Å². The van der Waals surface area contributed by atoms with Gasteiger partial charge in [-0.3, -0.25) is 0 Å². The maximum Gasteiger partial charge on any atom is 0.319 e. The topological polar surface area (TPSA) is 88.6 Å². The number of amides is 2. The molecule has 0 spiro atoms. The highest BCUT2D eigenvalue weighted by atomic mass is 16.5. The summed E-state index contributed by atoms with van der Waals surface area (Å²) in [7, 11) is 0. The van der Waals surface area contributed by atoms with Gasteiger partial charge in [0.15, 0.2) is 5.82 Å². The molecule has 0 bridgehead atoms. The molecule has 1 saturated heterocycles. The fraction of sp³-hybridized carbons (Fsp3) is 0.522. The van der Waals surface area contributed by atoms with Crippen molar-refractivity contribution in [3.05, 3.63) is 35.5 Å². The molecule has 3 aliphatic rings. The molecule has 1 saturated carbocycles. The molecule has 1 aromatic heterocycles. The lowest BCUT2D eigenvalue weighted by molar-refractivity contribution is 0.0952. The van der Waals surface area contributed by atoms with Crippen molar-refractivity contribution < 1.29 is 14.3 Å². The predicted molar refractivity (Wildman–Crippen MR) is 118 cm³/mol. The third-order valence-corrected chi connectivity index (χ3v) is 6.28. The van der Waals surface area contributed by atoms with Crippen molar-refractivity contribution in [1.29, 1.82) is 0 Å². The number of hydrogen-bond acceptors (Lipinski definition) is 6. The molecular weight excluding hydrogens is 394 g/mol. The summed E-state index contributed by atoms with van der Waals surface area (Å²) in [5.74, 6) is 1.66. The van der Waals surface area contributed by atoms with Gasteiger partial charge in [0.1, 0.15) is 5.82 Å². The first-order chi connectivity index (χ1) is 15.2. The minimum Gasteiger partial charge on any atom is -0.377 e. The Morgan fingerprint density at radius 1 is 1.13 bits per heavy atom. The number of aromatic nitrogens is 2. The molecule has 0 unspecified atom stereocenters. The van der Waals surface area contributed by atoms with Gasteiger partial charge >= 0.3 is 6.03 Å². The number of ether oxygens (including phenoxy) is 2. The fourth-order valence-electron chi connectivity index (χ4n) is 4.23. The molecule has 31 heavy (non-hydrogen) atoms. The van der Waals surface area contributed by atoms with Crippen LogP contribution >= 0.6 is 0 Å². The number of nitrogens with one attached hydrogen (secondary N) is 2. The SMILES string of the molecule is C[C@H]1COCCN1c1nc(-c2ccc(NC(=O)NC3CCC3)cc2)nc2c1COCC2. The second kappa shape index (κ2) is 8.80. The number of morpholine rings is 1. The largest absolute Gasteiger partial charge is 0.377 e. The zero-order valence-corrected chi connectivity index (χ0v) is 17.9.